The molecule has 1 fully saturated rings. The molecule has 13 heavy (non-hydrogen) atoms. The van der Waals surface area contributed by atoms with Crippen molar-refractivity contribution in [1.82, 2.24) is 9.80 Å². The van der Waals surface area contributed by atoms with Crippen molar-refractivity contribution in [1.29, 1.82) is 0 Å². The molecule has 0 spiro atoms. The van der Waals surface area contributed by atoms with Crippen LogP contribution in [0.3, 0.4) is 0 Å². The summed E-state index contributed by atoms with van der Waals surface area (Å²) in [6.45, 7) is 1.19. The Morgan fingerprint density at radius 3 is 2.85 bits per heavy atom. The first kappa shape index (κ1) is 9.83. The van der Waals surface area contributed by atoms with E-state index in [9.17, 15) is 9.59 Å². The largest absolute Gasteiger partial charge is 0.449 e. The third-order valence-corrected chi connectivity index (χ3v) is 1.88. The maximum absolute atomic E-state index is 11.2. The maximum Gasteiger partial charge on any atom is 0.410 e. The van der Waals surface area contributed by atoms with Gasteiger partial charge in [-0.2, -0.15) is 0 Å². The predicted octanol–water partition coefficient (Wildman–Crippen LogP) is -0.0831. The van der Waals surface area contributed by atoms with Gasteiger partial charge in [0.1, 0.15) is 6.54 Å². The van der Waals surface area contributed by atoms with E-state index in [1.165, 1.54) is 9.80 Å². The molecule has 0 bridgehead atoms. The lowest BCUT2D eigenvalue weighted by Gasteiger charge is -2.26. The molecule has 5 heteroatoms. The van der Waals surface area contributed by atoms with Crippen LogP contribution in [0.4, 0.5) is 4.79 Å². The molecule has 74 valence electrons. The van der Waals surface area contributed by atoms with E-state index < -0.39 is 0 Å². The van der Waals surface area contributed by atoms with E-state index in [-0.39, 0.29) is 18.5 Å². The van der Waals surface area contributed by atoms with Gasteiger partial charge >= 0.3 is 6.09 Å². The molecule has 0 N–H and O–H groups in total. The number of likely N-dealkylation sites (N-methyl/N-ethyl adjacent to an activating group) is 1. The van der Waals surface area contributed by atoms with Gasteiger partial charge in [-0.25, -0.2) is 4.79 Å². The van der Waals surface area contributed by atoms with E-state index in [0.29, 0.717) is 13.2 Å². The number of carbonyl (C=O) groups is 2. The van der Waals surface area contributed by atoms with Crippen LogP contribution in [-0.2, 0) is 9.53 Å². The van der Waals surface area contributed by atoms with Crippen molar-refractivity contribution in [2.75, 3.05) is 33.8 Å². The molecule has 1 aliphatic heterocycles. The lowest BCUT2D eigenvalue weighted by atomic mass is 10.3. The molecule has 1 rings (SSSR count). The lowest BCUT2D eigenvalue weighted by molar-refractivity contribution is -0.129. The standard InChI is InChI=1S/C8H14N2O3/c1-9(2)7(11)6-10-4-3-5-13-8(10)12/h3-6H2,1-2H3. The summed E-state index contributed by atoms with van der Waals surface area (Å²) in [5.74, 6) is -0.0844. The van der Waals surface area contributed by atoms with Crippen LogP contribution < -0.4 is 0 Å². The summed E-state index contributed by atoms with van der Waals surface area (Å²) in [7, 11) is 3.33. The summed E-state index contributed by atoms with van der Waals surface area (Å²) in [6.07, 6.45) is 0.411. The average Bonchev–Trinajstić information content (AvgIpc) is 2.08. The van der Waals surface area contributed by atoms with E-state index in [1.54, 1.807) is 14.1 Å². The number of rotatable bonds is 2. The average molecular weight is 186 g/mol. The van der Waals surface area contributed by atoms with Gasteiger partial charge in [-0.3, -0.25) is 9.69 Å². The summed E-state index contributed by atoms with van der Waals surface area (Å²) in [5.41, 5.74) is 0. The second-order valence-electron chi connectivity index (χ2n) is 3.18. The monoisotopic (exact) mass is 186 g/mol. The summed E-state index contributed by atoms with van der Waals surface area (Å²) < 4.78 is 4.79. The molecule has 2 amide bonds. The van der Waals surface area contributed by atoms with Gasteiger partial charge in [0.05, 0.1) is 6.61 Å². The third kappa shape index (κ3) is 2.61. The topological polar surface area (TPSA) is 49.9 Å². The smallest absolute Gasteiger partial charge is 0.410 e. The number of cyclic esters (lactones) is 1. The van der Waals surface area contributed by atoms with Crippen molar-refractivity contribution in [2.24, 2.45) is 0 Å². The number of nitrogens with zero attached hydrogens (tertiary/aromatic N) is 2. The Labute approximate surface area is 77.2 Å². The van der Waals surface area contributed by atoms with Crippen LogP contribution in [0.25, 0.3) is 0 Å². The number of amides is 2. The van der Waals surface area contributed by atoms with Crippen LogP contribution in [-0.4, -0.2) is 55.6 Å². The van der Waals surface area contributed by atoms with Crippen LogP contribution >= 0.6 is 0 Å². The highest BCUT2D eigenvalue weighted by Crippen LogP contribution is 2.04. The lowest BCUT2D eigenvalue weighted by Crippen LogP contribution is -2.43. The molecule has 0 aromatic heterocycles. The van der Waals surface area contributed by atoms with Gasteiger partial charge in [0.15, 0.2) is 0 Å². The zero-order valence-electron chi connectivity index (χ0n) is 7.95. The minimum Gasteiger partial charge on any atom is -0.449 e. The third-order valence-electron chi connectivity index (χ3n) is 1.88. The molecule has 5 nitrogen and oxygen atoms in total. The highest BCUT2D eigenvalue weighted by molar-refractivity contribution is 5.82. The Bertz CT molecular complexity index is 215. The van der Waals surface area contributed by atoms with Gasteiger partial charge < -0.3 is 9.64 Å². The first-order valence-electron chi connectivity index (χ1n) is 4.23. The molecule has 1 heterocycles. The first-order valence-corrected chi connectivity index (χ1v) is 4.23. The van der Waals surface area contributed by atoms with Crippen molar-refractivity contribution in [3.05, 3.63) is 0 Å². The maximum atomic E-state index is 11.2. The van der Waals surface area contributed by atoms with Gasteiger partial charge in [-0.05, 0) is 6.42 Å². The molecular formula is C8H14N2O3. The Kier molecular flexibility index (Phi) is 3.11. The van der Waals surface area contributed by atoms with Crippen LogP contribution in [0.1, 0.15) is 6.42 Å². The normalized spacial score (nSPS) is 16.8. The molecule has 1 saturated heterocycles. The Morgan fingerprint density at radius 1 is 1.62 bits per heavy atom. The molecule has 0 aliphatic carbocycles. The number of hydrogen-bond donors (Lipinski definition) is 0. The summed E-state index contributed by atoms with van der Waals surface area (Å²) in [5, 5.41) is 0. The van der Waals surface area contributed by atoms with Gasteiger partial charge in [-0.1, -0.05) is 0 Å². The summed E-state index contributed by atoms with van der Waals surface area (Å²) in [6, 6.07) is 0. The quantitative estimate of drug-likeness (QED) is 0.606. The minimum atomic E-state index is -0.388. The first-order chi connectivity index (χ1) is 6.11. The van der Waals surface area contributed by atoms with E-state index in [1.807, 2.05) is 0 Å². The van der Waals surface area contributed by atoms with Crippen LogP contribution in [0.15, 0.2) is 0 Å². The van der Waals surface area contributed by atoms with Crippen molar-refractivity contribution in [2.45, 2.75) is 6.42 Å². The predicted molar refractivity (Wildman–Crippen MR) is 46.2 cm³/mol. The molecule has 0 atom stereocenters. The van der Waals surface area contributed by atoms with Gasteiger partial charge in [0.2, 0.25) is 5.91 Å². The molecular weight excluding hydrogens is 172 g/mol. The Morgan fingerprint density at radius 2 is 2.31 bits per heavy atom. The van der Waals surface area contributed by atoms with Crippen molar-refractivity contribution < 1.29 is 14.3 Å². The molecule has 0 unspecified atom stereocenters. The van der Waals surface area contributed by atoms with Crippen molar-refractivity contribution >= 4 is 12.0 Å². The molecule has 0 aromatic rings. The summed E-state index contributed by atoms with van der Waals surface area (Å²) in [4.78, 5) is 25.2. The van der Waals surface area contributed by atoms with Gasteiger partial charge in [-0.15, -0.1) is 0 Å². The van der Waals surface area contributed by atoms with Gasteiger partial charge in [0.25, 0.3) is 0 Å². The fourth-order valence-electron chi connectivity index (χ4n) is 1.05. The Hall–Kier alpha value is -1.26. The molecule has 0 radical (unpaired) electrons. The molecule has 1 aliphatic rings. The number of carbonyl (C=O) groups excluding carboxylic acids is 2. The fraction of sp³-hybridized carbons (Fsp3) is 0.750. The number of hydrogen-bond acceptors (Lipinski definition) is 3. The Balaban J connectivity index is 2.43. The van der Waals surface area contributed by atoms with Crippen molar-refractivity contribution in [3.8, 4) is 0 Å². The summed E-state index contributed by atoms with van der Waals surface area (Å²) >= 11 is 0. The van der Waals surface area contributed by atoms with E-state index in [0.717, 1.165) is 6.42 Å². The van der Waals surface area contributed by atoms with E-state index in [2.05, 4.69) is 0 Å². The molecule has 0 saturated carbocycles. The van der Waals surface area contributed by atoms with Crippen LogP contribution in [0, 0.1) is 0 Å². The van der Waals surface area contributed by atoms with Gasteiger partial charge in [0, 0.05) is 20.6 Å². The highest BCUT2D eigenvalue weighted by Gasteiger charge is 2.22. The second-order valence-corrected chi connectivity index (χ2v) is 3.18. The highest BCUT2D eigenvalue weighted by atomic mass is 16.6. The SMILES string of the molecule is CN(C)C(=O)CN1CCCOC1=O. The van der Waals surface area contributed by atoms with E-state index >= 15 is 0 Å². The number of ether oxygens (including phenoxy) is 1. The van der Waals surface area contributed by atoms with Crippen molar-refractivity contribution in [3.63, 3.8) is 0 Å². The van der Waals surface area contributed by atoms with Crippen LogP contribution in [0.5, 0.6) is 0 Å². The fourth-order valence-corrected chi connectivity index (χ4v) is 1.05. The van der Waals surface area contributed by atoms with Crippen LogP contribution in [0.2, 0.25) is 0 Å². The zero-order valence-corrected chi connectivity index (χ0v) is 7.95. The molecule has 0 aromatic carbocycles. The minimum absolute atomic E-state index is 0.0844. The van der Waals surface area contributed by atoms with E-state index in [4.69, 9.17) is 4.74 Å². The zero-order chi connectivity index (χ0) is 9.84. The second kappa shape index (κ2) is 4.11.